The Morgan fingerprint density at radius 2 is 1.27 bits per heavy atom. The molecule has 0 radical (unpaired) electrons. The van der Waals surface area contributed by atoms with E-state index in [1.807, 2.05) is 0 Å². The zero-order chi connectivity index (χ0) is 19.0. The molecule has 0 aromatic carbocycles. The van der Waals surface area contributed by atoms with Crippen LogP contribution in [0.4, 0.5) is 0 Å². The molecule has 3 nitrogen and oxygen atoms in total. The minimum absolute atomic E-state index is 0.0223. The topological polar surface area (TPSA) is 46.2 Å². The van der Waals surface area contributed by atoms with Crippen molar-refractivity contribution in [3.63, 3.8) is 0 Å². The summed E-state index contributed by atoms with van der Waals surface area (Å²) in [5.41, 5.74) is -0.0886. The van der Waals surface area contributed by atoms with Gasteiger partial charge in [-0.1, -0.05) is 78.1 Å². The predicted octanol–water partition coefficient (Wildman–Crippen LogP) is 5.95. The third-order valence-corrected chi connectivity index (χ3v) is 6.85. The van der Waals surface area contributed by atoms with E-state index >= 15 is 0 Å². The number of carbonyl (C=O) groups is 2. The van der Waals surface area contributed by atoms with Crippen molar-refractivity contribution in [2.75, 3.05) is 0 Å². The van der Waals surface area contributed by atoms with E-state index in [2.05, 4.69) is 19.2 Å². The molecule has 3 aliphatic carbocycles. The Morgan fingerprint density at radius 3 is 1.77 bits per heavy atom. The predicted molar refractivity (Wildman–Crippen MR) is 108 cm³/mol. The van der Waals surface area contributed by atoms with Crippen LogP contribution in [-0.2, 0) is 9.59 Å². The van der Waals surface area contributed by atoms with Crippen molar-refractivity contribution < 1.29 is 9.59 Å². The summed E-state index contributed by atoms with van der Waals surface area (Å²) in [6.07, 6.45) is 17.4. The molecule has 26 heavy (non-hydrogen) atoms. The lowest BCUT2D eigenvalue weighted by Crippen LogP contribution is -2.77. The Morgan fingerprint density at radius 1 is 0.808 bits per heavy atom. The summed E-state index contributed by atoms with van der Waals surface area (Å²) >= 11 is 0. The number of ketones is 1. The first-order chi connectivity index (χ1) is 12.5. The molecule has 1 atom stereocenters. The summed E-state index contributed by atoms with van der Waals surface area (Å²) in [6, 6.07) is 0. The summed E-state index contributed by atoms with van der Waals surface area (Å²) in [5, 5.41) is 3.35. The second-order valence-corrected chi connectivity index (χ2v) is 9.24. The van der Waals surface area contributed by atoms with Crippen LogP contribution < -0.4 is 5.32 Å². The quantitative estimate of drug-likeness (QED) is 0.365. The Labute approximate surface area is 161 Å². The highest BCUT2D eigenvalue weighted by Crippen LogP contribution is 2.67. The zero-order valence-corrected chi connectivity index (χ0v) is 17.5. The molecule has 0 spiro atoms. The highest BCUT2D eigenvalue weighted by molar-refractivity contribution is 5.88. The largest absolute Gasteiger partial charge is 0.350 e. The first kappa shape index (κ1) is 21.4. The van der Waals surface area contributed by atoms with Crippen molar-refractivity contribution in [2.45, 2.75) is 123 Å². The summed E-state index contributed by atoms with van der Waals surface area (Å²) in [6.45, 7) is 6.19. The van der Waals surface area contributed by atoms with E-state index < -0.39 is 0 Å². The number of unbranched alkanes of at least 4 members (excludes halogenated alkanes) is 8. The van der Waals surface area contributed by atoms with Gasteiger partial charge in [-0.25, -0.2) is 0 Å². The van der Waals surface area contributed by atoms with Gasteiger partial charge >= 0.3 is 0 Å². The number of Topliss-reactive ketones (excluding diaryl/α,β-unsaturated/α-hetero) is 1. The summed E-state index contributed by atoms with van der Waals surface area (Å²) in [7, 11) is 0. The second-order valence-electron chi connectivity index (χ2n) is 9.24. The summed E-state index contributed by atoms with van der Waals surface area (Å²) in [5.74, 6) is 0.768. The van der Waals surface area contributed by atoms with Crippen LogP contribution in [-0.4, -0.2) is 17.2 Å². The average molecular weight is 364 g/mol. The number of rotatable bonds is 15. The monoisotopic (exact) mass is 363 g/mol. The SMILES string of the molecule is CCCCCCCCC(CCCCCC)C(=O)NC12CC(C(C)=O)(C1)C2. The lowest BCUT2D eigenvalue weighted by Gasteiger charge is -2.69. The Hall–Kier alpha value is -0.860. The zero-order valence-electron chi connectivity index (χ0n) is 17.5. The van der Waals surface area contributed by atoms with Crippen molar-refractivity contribution in [1.29, 1.82) is 0 Å². The molecule has 3 saturated carbocycles. The van der Waals surface area contributed by atoms with Crippen LogP contribution in [0.15, 0.2) is 0 Å². The van der Waals surface area contributed by atoms with Crippen LogP contribution in [0.3, 0.4) is 0 Å². The minimum atomic E-state index is -0.0663. The van der Waals surface area contributed by atoms with Gasteiger partial charge in [0.1, 0.15) is 5.78 Å². The van der Waals surface area contributed by atoms with E-state index in [0.717, 1.165) is 32.1 Å². The number of carbonyl (C=O) groups excluding carboxylic acids is 2. The van der Waals surface area contributed by atoms with Crippen molar-refractivity contribution in [3.8, 4) is 0 Å². The summed E-state index contributed by atoms with van der Waals surface area (Å²) in [4.78, 5) is 24.6. The molecular formula is C23H41NO2. The number of hydrogen-bond acceptors (Lipinski definition) is 2. The van der Waals surface area contributed by atoms with Gasteiger partial charge in [-0.05, 0) is 39.0 Å². The van der Waals surface area contributed by atoms with Gasteiger partial charge in [-0.15, -0.1) is 0 Å². The van der Waals surface area contributed by atoms with Crippen LogP contribution in [0.25, 0.3) is 0 Å². The van der Waals surface area contributed by atoms with E-state index in [4.69, 9.17) is 0 Å². The number of nitrogens with one attached hydrogen (secondary N) is 1. The molecule has 3 fully saturated rings. The maximum atomic E-state index is 12.9. The van der Waals surface area contributed by atoms with Crippen LogP contribution in [0, 0.1) is 11.3 Å². The maximum absolute atomic E-state index is 12.9. The van der Waals surface area contributed by atoms with Gasteiger partial charge in [0.15, 0.2) is 0 Å². The molecule has 0 heterocycles. The van der Waals surface area contributed by atoms with Gasteiger partial charge in [0.25, 0.3) is 0 Å². The van der Waals surface area contributed by atoms with Gasteiger partial charge in [0.2, 0.25) is 5.91 Å². The van der Waals surface area contributed by atoms with Crippen LogP contribution >= 0.6 is 0 Å². The maximum Gasteiger partial charge on any atom is 0.223 e. The molecule has 0 saturated heterocycles. The fourth-order valence-electron chi connectivity index (χ4n) is 5.05. The first-order valence-corrected chi connectivity index (χ1v) is 11.3. The van der Waals surface area contributed by atoms with Crippen molar-refractivity contribution in [3.05, 3.63) is 0 Å². The van der Waals surface area contributed by atoms with Crippen molar-refractivity contribution >= 4 is 11.7 Å². The van der Waals surface area contributed by atoms with E-state index in [1.54, 1.807) is 6.92 Å². The van der Waals surface area contributed by atoms with Crippen LogP contribution in [0.1, 0.15) is 117 Å². The van der Waals surface area contributed by atoms with Crippen LogP contribution in [0.2, 0.25) is 0 Å². The Balaban J connectivity index is 1.73. The minimum Gasteiger partial charge on any atom is -0.350 e. The van der Waals surface area contributed by atoms with E-state index in [0.29, 0.717) is 5.78 Å². The fraction of sp³-hybridized carbons (Fsp3) is 0.913. The molecular weight excluding hydrogens is 322 g/mol. The summed E-state index contributed by atoms with van der Waals surface area (Å²) < 4.78 is 0. The van der Waals surface area contributed by atoms with Crippen molar-refractivity contribution in [1.82, 2.24) is 5.32 Å². The normalized spacial score (nSPS) is 27.3. The first-order valence-electron chi connectivity index (χ1n) is 11.3. The number of amides is 1. The highest BCUT2D eigenvalue weighted by atomic mass is 16.2. The third-order valence-electron chi connectivity index (χ3n) is 6.85. The number of hydrogen-bond donors (Lipinski definition) is 1. The molecule has 1 unspecified atom stereocenters. The van der Waals surface area contributed by atoms with Crippen LogP contribution in [0.5, 0.6) is 0 Å². The van der Waals surface area contributed by atoms with Gasteiger partial charge in [-0.2, -0.15) is 0 Å². The molecule has 2 bridgehead atoms. The molecule has 3 rings (SSSR count). The molecule has 3 aliphatic rings. The molecule has 0 aromatic rings. The molecule has 0 aliphatic heterocycles. The Kier molecular flexibility index (Phi) is 8.16. The standard InChI is InChI=1S/C23H41NO2/c1-4-6-8-10-11-13-15-20(14-12-9-7-5-2)21(26)24-23-16-22(17-23,18-23)19(3)25/h20H,4-18H2,1-3H3,(H,24,26). The second kappa shape index (κ2) is 9.90. The molecule has 0 aromatic heterocycles. The Bertz CT molecular complexity index is 451. The molecule has 150 valence electrons. The smallest absolute Gasteiger partial charge is 0.223 e. The van der Waals surface area contributed by atoms with E-state index in [1.165, 1.54) is 64.2 Å². The van der Waals surface area contributed by atoms with E-state index in [-0.39, 0.29) is 22.8 Å². The van der Waals surface area contributed by atoms with Crippen molar-refractivity contribution in [2.24, 2.45) is 11.3 Å². The molecule has 3 heteroatoms. The highest BCUT2D eigenvalue weighted by Gasteiger charge is 2.70. The third kappa shape index (κ3) is 5.33. The van der Waals surface area contributed by atoms with Gasteiger partial charge in [0, 0.05) is 16.9 Å². The fourth-order valence-corrected chi connectivity index (χ4v) is 5.05. The van der Waals surface area contributed by atoms with E-state index in [9.17, 15) is 9.59 Å². The van der Waals surface area contributed by atoms with Gasteiger partial charge in [0.05, 0.1) is 0 Å². The lowest BCUT2D eigenvalue weighted by molar-refractivity contribution is -0.180. The average Bonchev–Trinajstić information content (AvgIpc) is 2.54. The van der Waals surface area contributed by atoms with Gasteiger partial charge in [-0.3, -0.25) is 9.59 Å². The molecule has 1 N–H and O–H groups in total. The molecule has 1 amide bonds. The van der Waals surface area contributed by atoms with Gasteiger partial charge < -0.3 is 5.32 Å². The lowest BCUT2D eigenvalue weighted by atomic mass is 9.38.